The SMILES string of the molecule is c1ccc(C(c2ccccc2)c2cccc3c2C[N+]2(Cc4ccc5ccccc5c4-c4c(ccc5ccccc45)C2)Cc2c-3cccc2C(c2ccccc2)c2ccccc2)cc1. The lowest BCUT2D eigenvalue weighted by Crippen LogP contribution is -2.44. The van der Waals surface area contributed by atoms with Gasteiger partial charge in [-0.15, -0.1) is 0 Å². The zero-order valence-electron chi connectivity index (χ0n) is 35.4. The summed E-state index contributed by atoms with van der Waals surface area (Å²) in [5.41, 5.74) is 19.3. The summed E-state index contributed by atoms with van der Waals surface area (Å²) in [4.78, 5) is 0. The Kier molecular flexibility index (Phi) is 9.24. The third kappa shape index (κ3) is 6.51. The Morgan fingerprint density at radius 2 is 0.635 bits per heavy atom. The zero-order valence-corrected chi connectivity index (χ0v) is 35.4. The average Bonchev–Trinajstić information content (AvgIpc) is 3.58. The molecule has 10 aromatic carbocycles. The fourth-order valence-electron chi connectivity index (χ4n) is 11.5. The van der Waals surface area contributed by atoms with Crippen LogP contribution in [0.5, 0.6) is 0 Å². The van der Waals surface area contributed by atoms with Gasteiger partial charge >= 0.3 is 0 Å². The molecule has 0 unspecified atom stereocenters. The van der Waals surface area contributed by atoms with Gasteiger partial charge in [0.1, 0.15) is 26.2 Å². The van der Waals surface area contributed by atoms with Gasteiger partial charge in [-0.05, 0) is 77.2 Å². The number of nitrogens with zero attached hydrogens (tertiary/aromatic N) is 1. The molecule has 0 saturated carbocycles. The molecule has 63 heavy (non-hydrogen) atoms. The van der Waals surface area contributed by atoms with E-state index in [4.69, 9.17) is 0 Å². The van der Waals surface area contributed by atoms with Crippen LogP contribution in [0.2, 0.25) is 0 Å². The van der Waals surface area contributed by atoms with E-state index in [0.29, 0.717) is 0 Å². The van der Waals surface area contributed by atoms with Gasteiger partial charge in [0.2, 0.25) is 0 Å². The van der Waals surface area contributed by atoms with Gasteiger partial charge in [-0.25, -0.2) is 0 Å². The van der Waals surface area contributed by atoms with Crippen LogP contribution in [0.3, 0.4) is 0 Å². The van der Waals surface area contributed by atoms with Gasteiger partial charge in [-0.2, -0.15) is 0 Å². The number of quaternary nitrogens is 1. The maximum atomic E-state index is 2.46. The molecule has 12 rings (SSSR count). The summed E-state index contributed by atoms with van der Waals surface area (Å²) in [6, 6.07) is 86.9. The highest BCUT2D eigenvalue weighted by atomic mass is 15.4. The van der Waals surface area contributed by atoms with E-state index in [-0.39, 0.29) is 11.8 Å². The molecule has 1 nitrogen and oxygen atoms in total. The number of hydrogen-bond acceptors (Lipinski definition) is 0. The molecule has 10 aromatic rings. The van der Waals surface area contributed by atoms with Gasteiger partial charge < -0.3 is 4.48 Å². The molecule has 0 saturated heterocycles. The fraction of sp³-hybridized carbons (Fsp3) is 0.0968. The molecule has 2 aliphatic heterocycles. The first-order chi connectivity index (χ1) is 31.2. The van der Waals surface area contributed by atoms with Crippen molar-refractivity contribution in [2.45, 2.75) is 38.0 Å². The topological polar surface area (TPSA) is 0 Å². The normalized spacial score (nSPS) is 13.9. The van der Waals surface area contributed by atoms with E-state index in [1.165, 1.54) is 99.4 Å². The van der Waals surface area contributed by atoms with E-state index in [0.717, 1.165) is 30.7 Å². The quantitative estimate of drug-likeness (QED) is 0.116. The lowest BCUT2D eigenvalue weighted by atomic mass is 9.79. The zero-order chi connectivity index (χ0) is 41.7. The van der Waals surface area contributed by atoms with Crippen molar-refractivity contribution in [1.82, 2.24) is 0 Å². The molecule has 2 aliphatic rings. The first kappa shape index (κ1) is 37.4. The Morgan fingerprint density at radius 1 is 0.286 bits per heavy atom. The van der Waals surface area contributed by atoms with Crippen molar-refractivity contribution in [3.05, 3.63) is 286 Å². The van der Waals surface area contributed by atoms with E-state index < -0.39 is 0 Å². The maximum Gasteiger partial charge on any atom is 0.106 e. The molecule has 0 aliphatic carbocycles. The van der Waals surface area contributed by atoms with Crippen molar-refractivity contribution in [2.24, 2.45) is 0 Å². The standard InChI is InChI=1S/C62H48N/c1-5-21-45(22-6-1)59(46-23-7-2-8-24-46)55-33-17-31-53-54-32-18-34-56(60(47-25-9-3-10-26-47)48-27-11-4-12-28-48)58(54)42-63(41-57(53)55)39-49-37-35-43-19-13-15-29-51(43)61(49)62-50(40-63)38-36-44-20-14-16-30-52(44)62/h1-38,59-60H,39-42H2/q+1. The van der Waals surface area contributed by atoms with Crippen LogP contribution in [0, 0.1) is 0 Å². The van der Waals surface area contributed by atoms with Crippen molar-refractivity contribution < 1.29 is 4.48 Å². The van der Waals surface area contributed by atoms with Crippen LogP contribution in [0.15, 0.2) is 231 Å². The van der Waals surface area contributed by atoms with E-state index >= 15 is 0 Å². The highest BCUT2D eigenvalue weighted by molar-refractivity contribution is 6.08. The van der Waals surface area contributed by atoms with Crippen LogP contribution in [-0.4, -0.2) is 4.48 Å². The molecule has 0 N–H and O–H groups in total. The molecule has 2 heterocycles. The Balaban J connectivity index is 1.17. The highest BCUT2D eigenvalue weighted by Gasteiger charge is 2.41. The van der Waals surface area contributed by atoms with Gasteiger partial charge in [0.25, 0.3) is 0 Å². The molecular formula is C62H48N+. The van der Waals surface area contributed by atoms with Crippen molar-refractivity contribution >= 4 is 21.5 Å². The minimum Gasteiger partial charge on any atom is -0.309 e. The van der Waals surface area contributed by atoms with E-state index in [1.54, 1.807) is 0 Å². The Labute approximate surface area is 370 Å². The predicted octanol–water partition coefficient (Wildman–Crippen LogP) is 15.2. The molecule has 300 valence electrons. The molecule has 0 aromatic heterocycles. The third-order valence-corrected chi connectivity index (χ3v) is 14.1. The van der Waals surface area contributed by atoms with Gasteiger partial charge in [0, 0.05) is 34.1 Å². The Bertz CT molecular complexity index is 2980. The summed E-state index contributed by atoms with van der Waals surface area (Å²) in [5, 5.41) is 5.26. The van der Waals surface area contributed by atoms with Crippen molar-refractivity contribution in [3.63, 3.8) is 0 Å². The monoisotopic (exact) mass is 806 g/mol. The summed E-state index contributed by atoms with van der Waals surface area (Å²) in [6.45, 7) is 3.62. The van der Waals surface area contributed by atoms with E-state index in [2.05, 4.69) is 231 Å². The Hall–Kier alpha value is -7.32. The largest absolute Gasteiger partial charge is 0.309 e. The fourth-order valence-corrected chi connectivity index (χ4v) is 11.5. The van der Waals surface area contributed by atoms with Crippen molar-refractivity contribution in [2.75, 3.05) is 0 Å². The molecule has 1 heteroatoms. The summed E-state index contributed by atoms with van der Waals surface area (Å²) in [5.74, 6) is 0.154. The minimum atomic E-state index is 0.0768. The second-order valence-corrected chi connectivity index (χ2v) is 17.9. The molecular weight excluding hydrogens is 759 g/mol. The third-order valence-electron chi connectivity index (χ3n) is 14.1. The van der Waals surface area contributed by atoms with Gasteiger partial charge in [0.15, 0.2) is 0 Å². The van der Waals surface area contributed by atoms with E-state index in [9.17, 15) is 0 Å². The second kappa shape index (κ2) is 15.5. The predicted molar refractivity (Wildman–Crippen MR) is 262 cm³/mol. The lowest BCUT2D eigenvalue weighted by molar-refractivity contribution is -0.978. The van der Waals surface area contributed by atoms with Crippen LogP contribution in [-0.2, 0) is 26.2 Å². The molecule has 1 spiro atoms. The van der Waals surface area contributed by atoms with Crippen molar-refractivity contribution in [1.29, 1.82) is 0 Å². The second-order valence-electron chi connectivity index (χ2n) is 17.9. The molecule has 0 fully saturated rings. The number of fused-ring (bicyclic) bond motifs is 10. The van der Waals surface area contributed by atoms with Crippen LogP contribution >= 0.6 is 0 Å². The first-order valence-corrected chi connectivity index (χ1v) is 22.5. The minimum absolute atomic E-state index is 0.0768. The number of benzene rings is 10. The summed E-state index contributed by atoms with van der Waals surface area (Å²) in [7, 11) is 0. The smallest absolute Gasteiger partial charge is 0.106 e. The lowest BCUT2D eigenvalue weighted by Gasteiger charge is -2.39. The molecule has 0 atom stereocenters. The van der Waals surface area contributed by atoms with Crippen LogP contribution in [0.25, 0.3) is 43.8 Å². The van der Waals surface area contributed by atoms with Crippen molar-refractivity contribution in [3.8, 4) is 22.3 Å². The van der Waals surface area contributed by atoms with Gasteiger partial charge in [0.05, 0.1) is 0 Å². The molecule has 0 bridgehead atoms. The number of rotatable bonds is 6. The summed E-state index contributed by atoms with van der Waals surface area (Å²) < 4.78 is 0.872. The van der Waals surface area contributed by atoms with E-state index in [1.807, 2.05) is 0 Å². The van der Waals surface area contributed by atoms with Crippen LogP contribution in [0.1, 0.15) is 67.5 Å². The van der Waals surface area contributed by atoms with Crippen LogP contribution in [0.4, 0.5) is 0 Å². The number of hydrogen-bond donors (Lipinski definition) is 0. The summed E-state index contributed by atoms with van der Waals surface area (Å²) >= 11 is 0. The average molecular weight is 807 g/mol. The molecule has 0 amide bonds. The maximum absolute atomic E-state index is 2.46. The molecule has 0 radical (unpaired) electrons. The van der Waals surface area contributed by atoms with Gasteiger partial charge in [-0.1, -0.05) is 231 Å². The first-order valence-electron chi connectivity index (χ1n) is 22.5. The highest BCUT2D eigenvalue weighted by Crippen LogP contribution is 2.50. The Morgan fingerprint density at radius 3 is 1.02 bits per heavy atom. The summed E-state index contributed by atoms with van der Waals surface area (Å²) in [6.07, 6.45) is 0. The van der Waals surface area contributed by atoms with Crippen LogP contribution < -0.4 is 0 Å². The van der Waals surface area contributed by atoms with Gasteiger partial charge in [-0.3, -0.25) is 0 Å².